The molecule has 1 aromatic carbocycles. The van der Waals surface area contributed by atoms with Gasteiger partial charge in [-0.2, -0.15) is 0 Å². The third-order valence-corrected chi connectivity index (χ3v) is 5.18. The number of amides is 2. The fourth-order valence-electron chi connectivity index (χ4n) is 3.83. The van der Waals surface area contributed by atoms with Crippen LogP contribution in [0.15, 0.2) is 24.3 Å². The second-order valence-corrected chi connectivity index (χ2v) is 7.11. The zero-order valence-electron chi connectivity index (χ0n) is 15.0. The van der Waals surface area contributed by atoms with Crippen molar-refractivity contribution in [2.24, 2.45) is 0 Å². The van der Waals surface area contributed by atoms with Gasteiger partial charge < -0.3 is 15.0 Å². The van der Waals surface area contributed by atoms with E-state index in [4.69, 9.17) is 4.74 Å². The van der Waals surface area contributed by atoms with Crippen molar-refractivity contribution in [3.05, 3.63) is 29.8 Å². The van der Waals surface area contributed by atoms with Crippen molar-refractivity contribution < 1.29 is 14.3 Å². The van der Waals surface area contributed by atoms with E-state index in [2.05, 4.69) is 5.32 Å². The molecule has 2 aliphatic rings. The molecular formula is C20H28N2O3. The number of carbonyl (C=O) groups excluding carboxylic acids is 2. The van der Waals surface area contributed by atoms with Crippen molar-refractivity contribution in [3.8, 4) is 5.75 Å². The second-order valence-electron chi connectivity index (χ2n) is 7.11. The number of likely N-dealkylation sites (tertiary alicyclic amines) is 1. The number of carbonyl (C=O) groups is 2. The maximum Gasteiger partial charge on any atom is 0.243 e. The third-order valence-electron chi connectivity index (χ3n) is 5.18. The van der Waals surface area contributed by atoms with Crippen LogP contribution in [0, 0.1) is 0 Å². The largest absolute Gasteiger partial charge is 0.490 e. The standard InChI is InChI=1S/C20H28N2O3/c1-15(23)22-12-6-11-19(22)20(24)21-14-16-7-5-10-18(13-16)25-17-8-3-2-4-9-17/h5,7,10,13,17,19H,2-4,6,8-9,11-12,14H2,1H3,(H,21,24)/t19-/m0/s1. The van der Waals surface area contributed by atoms with Crippen LogP contribution in [0.2, 0.25) is 0 Å². The van der Waals surface area contributed by atoms with Crippen LogP contribution >= 0.6 is 0 Å². The summed E-state index contributed by atoms with van der Waals surface area (Å²) in [5.41, 5.74) is 1.02. The van der Waals surface area contributed by atoms with Gasteiger partial charge in [-0.25, -0.2) is 0 Å². The van der Waals surface area contributed by atoms with Crippen molar-refractivity contribution in [2.75, 3.05) is 6.54 Å². The first-order valence-electron chi connectivity index (χ1n) is 9.44. The van der Waals surface area contributed by atoms with E-state index in [1.807, 2.05) is 24.3 Å². The van der Waals surface area contributed by atoms with Gasteiger partial charge in [0.25, 0.3) is 0 Å². The van der Waals surface area contributed by atoms with Gasteiger partial charge >= 0.3 is 0 Å². The lowest BCUT2D eigenvalue weighted by Gasteiger charge is -2.23. The van der Waals surface area contributed by atoms with Gasteiger partial charge in [0, 0.05) is 20.0 Å². The van der Waals surface area contributed by atoms with Crippen LogP contribution in [0.3, 0.4) is 0 Å². The molecule has 0 aromatic heterocycles. The quantitative estimate of drug-likeness (QED) is 0.893. The molecule has 5 nitrogen and oxygen atoms in total. The Balaban J connectivity index is 1.53. The molecule has 1 aliphatic heterocycles. The van der Waals surface area contributed by atoms with Gasteiger partial charge in [-0.15, -0.1) is 0 Å². The minimum atomic E-state index is -0.320. The third kappa shape index (κ3) is 4.74. The Morgan fingerprint density at radius 2 is 1.96 bits per heavy atom. The second kappa shape index (κ2) is 8.37. The summed E-state index contributed by atoms with van der Waals surface area (Å²) in [7, 11) is 0. The Morgan fingerprint density at radius 3 is 2.72 bits per heavy atom. The van der Waals surface area contributed by atoms with Crippen molar-refractivity contribution in [3.63, 3.8) is 0 Å². The molecule has 1 aliphatic carbocycles. The molecule has 2 fully saturated rings. The Morgan fingerprint density at radius 1 is 1.16 bits per heavy atom. The normalized spacial score (nSPS) is 21.2. The first-order valence-corrected chi connectivity index (χ1v) is 9.44. The number of hydrogen-bond donors (Lipinski definition) is 1. The molecule has 1 aromatic rings. The van der Waals surface area contributed by atoms with Crippen molar-refractivity contribution >= 4 is 11.8 Å². The molecule has 2 amide bonds. The first-order chi connectivity index (χ1) is 12.1. The summed E-state index contributed by atoms with van der Waals surface area (Å²) in [6.45, 7) is 2.67. The first kappa shape index (κ1) is 17.8. The van der Waals surface area contributed by atoms with Gasteiger partial charge in [-0.05, 0) is 56.2 Å². The van der Waals surface area contributed by atoms with Gasteiger partial charge in [0.1, 0.15) is 11.8 Å². The number of nitrogens with zero attached hydrogens (tertiary/aromatic N) is 1. The number of nitrogens with one attached hydrogen (secondary N) is 1. The maximum atomic E-state index is 12.4. The van der Waals surface area contributed by atoms with E-state index in [1.165, 1.54) is 26.2 Å². The summed E-state index contributed by atoms with van der Waals surface area (Å²) in [4.78, 5) is 25.7. The van der Waals surface area contributed by atoms with Crippen LogP contribution in [-0.2, 0) is 16.1 Å². The zero-order valence-corrected chi connectivity index (χ0v) is 15.0. The number of benzene rings is 1. The van der Waals surface area contributed by atoms with Crippen LogP contribution in [0.1, 0.15) is 57.4 Å². The predicted molar refractivity (Wildman–Crippen MR) is 96.2 cm³/mol. The highest BCUT2D eigenvalue weighted by Gasteiger charge is 2.32. The van der Waals surface area contributed by atoms with E-state index < -0.39 is 0 Å². The highest BCUT2D eigenvalue weighted by Crippen LogP contribution is 2.24. The van der Waals surface area contributed by atoms with Gasteiger partial charge in [0.05, 0.1) is 6.10 Å². The molecule has 0 radical (unpaired) electrons. The molecule has 3 rings (SSSR count). The van der Waals surface area contributed by atoms with Crippen LogP contribution < -0.4 is 10.1 Å². The van der Waals surface area contributed by atoms with E-state index >= 15 is 0 Å². The molecule has 1 saturated carbocycles. The van der Waals surface area contributed by atoms with Gasteiger partial charge in [0.15, 0.2) is 0 Å². The predicted octanol–water partition coefficient (Wildman–Crippen LogP) is 3.03. The minimum Gasteiger partial charge on any atom is -0.490 e. The summed E-state index contributed by atoms with van der Waals surface area (Å²) in [6, 6.07) is 7.63. The minimum absolute atomic E-state index is 0.0273. The lowest BCUT2D eigenvalue weighted by Crippen LogP contribution is -2.44. The molecule has 0 bridgehead atoms. The maximum absolute atomic E-state index is 12.4. The number of rotatable bonds is 5. The molecule has 0 spiro atoms. The lowest BCUT2D eigenvalue weighted by molar-refractivity contribution is -0.136. The van der Waals surface area contributed by atoms with E-state index in [0.29, 0.717) is 19.2 Å². The molecule has 5 heteroatoms. The van der Waals surface area contributed by atoms with Crippen LogP contribution in [0.25, 0.3) is 0 Å². The fraction of sp³-hybridized carbons (Fsp3) is 0.600. The summed E-state index contributed by atoms with van der Waals surface area (Å²) in [5, 5.41) is 2.97. The number of ether oxygens (including phenoxy) is 1. The van der Waals surface area contributed by atoms with Crippen molar-refractivity contribution in [1.82, 2.24) is 10.2 Å². The smallest absolute Gasteiger partial charge is 0.243 e. The molecule has 1 N–H and O–H groups in total. The average molecular weight is 344 g/mol. The summed E-state index contributed by atoms with van der Waals surface area (Å²) < 4.78 is 6.09. The topological polar surface area (TPSA) is 58.6 Å². The summed E-state index contributed by atoms with van der Waals surface area (Å²) in [6.07, 6.45) is 8.01. The molecule has 1 heterocycles. The molecule has 136 valence electrons. The Kier molecular flexibility index (Phi) is 5.95. The molecule has 25 heavy (non-hydrogen) atoms. The van der Waals surface area contributed by atoms with Crippen LogP contribution in [-0.4, -0.2) is 35.4 Å². The van der Waals surface area contributed by atoms with Crippen molar-refractivity contribution in [1.29, 1.82) is 0 Å². The van der Waals surface area contributed by atoms with E-state index in [1.54, 1.807) is 4.90 Å². The van der Waals surface area contributed by atoms with E-state index in [9.17, 15) is 9.59 Å². The van der Waals surface area contributed by atoms with Gasteiger partial charge in [-0.3, -0.25) is 9.59 Å². The summed E-state index contributed by atoms with van der Waals surface area (Å²) >= 11 is 0. The lowest BCUT2D eigenvalue weighted by atomic mass is 9.98. The monoisotopic (exact) mass is 344 g/mol. The Bertz CT molecular complexity index is 611. The Labute approximate surface area is 149 Å². The highest BCUT2D eigenvalue weighted by atomic mass is 16.5. The summed E-state index contributed by atoms with van der Waals surface area (Å²) in [5.74, 6) is 0.789. The average Bonchev–Trinajstić information content (AvgIpc) is 3.11. The molecule has 1 atom stereocenters. The number of hydrogen-bond acceptors (Lipinski definition) is 3. The molecular weight excluding hydrogens is 316 g/mol. The van der Waals surface area contributed by atoms with Gasteiger partial charge in [-0.1, -0.05) is 18.6 Å². The van der Waals surface area contributed by atoms with Crippen LogP contribution in [0.5, 0.6) is 5.75 Å². The highest BCUT2D eigenvalue weighted by molar-refractivity contribution is 5.87. The van der Waals surface area contributed by atoms with Crippen molar-refractivity contribution in [2.45, 2.75) is 70.6 Å². The Hall–Kier alpha value is -2.04. The van der Waals surface area contributed by atoms with E-state index in [0.717, 1.165) is 37.0 Å². The molecule has 0 unspecified atom stereocenters. The fourth-order valence-corrected chi connectivity index (χ4v) is 3.83. The zero-order chi connectivity index (χ0) is 17.6. The SMILES string of the molecule is CC(=O)N1CCC[C@H]1C(=O)NCc1cccc(OC2CCCCC2)c1. The van der Waals surface area contributed by atoms with Crippen LogP contribution in [0.4, 0.5) is 0 Å². The molecule has 1 saturated heterocycles. The van der Waals surface area contributed by atoms with E-state index in [-0.39, 0.29) is 17.9 Å². The van der Waals surface area contributed by atoms with Gasteiger partial charge in [0.2, 0.25) is 11.8 Å².